The van der Waals surface area contributed by atoms with E-state index in [0.29, 0.717) is 12.7 Å². The molecule has 0 aromatic carbocycles. The highest BCUT2D eigenvalue weighted by Crippen LogP contribution is 2.21. The largest absolute Gasteiger partial charge is 0.389 e. The Labute approximate surface area is 105 Å². The molecule has 2 rings (SSSR count). The molecule has 100 valence electrons. The average Bonchev–Trinajstić information content (AvgIpc) is 2.83. The number of hydrogen-bond acceptors (Lipinski definition) is 3. The molecule has 0 radical (unpaired) electrons. The van der Waals surface area contributed by atoms with Crippen LogP contribution < -0.4 is 0 Å². The predicted octanol–water partition coefficient (Wildman–Crippen LogP) is 2.04. The van der Waals surface area contributed by atoms with Crippen molar-refractivity contribution in [2.75, 3.05) is 26.2 Å². The third-order valence-electron chi connectivity index (χ3n) is 4.17. The zero-order chi connectivity index (χ0) is 12.1. The molecule has 3 nitrogen and oxygen atoms in total. The molecule has 2 aliphatic rings. The SMILES string of the molecule is CC1CCN(CC(O)COC2CCCC2)CC1. The molecule has 1 atom stereocenters. The fraction of sp³-hybridized carbons (Fsp3) is 1.00. The average molecular weight is 241 g/mol. The van der Waals surface area contributed by atoms with Crippen molar-refractivity contribution in [1.82, 2.24) is 4.90 Å². The summed E-state index contributed by atoms with van der Waals surface area (Å²) in [5, 5.41) is 9.96. The van der Waals surface area contributed by atoms with Crippen LogP contribution in [0.1, 0.15) is 45.4 Å². The van der Waals surface area contributed by atoms with Gasteiger partial charge in [0, 0.05) is 6.54 Å². The number of rotatable bonds is 5. The summed E-state index contributed by atoms with van der Waals surface area (Å²) in [5.41, 5.74) is 0. The van der Waals surface area contributed by atoms with Crippen molar-refractivity contribution in [3.63, 3.8) is 0 Å². The van der Waals surface area contributed by atoms with Crippen LogP contribution in [0.25, 0.3) is 0 Å². The minimum absolute atomic E-state index is 0.302. The van der Waals surface area contributed by atoms with Crippen molar-refractivity contribution < 1.29 is 9.84 Å². The number of ether oxygens (including phenoxy) is 1. The monoisotopic (exact) mass is 241 g/mol. The van der Waals surface area contributed by atoms with Gasteiger partial charge in [-0.2, -0.15) is 0 Å². The first-order valence-electron chi connectivity index (χ1n) is 7.26. The Kier molecular flexibility index (Phi) is 5.26. The maximum absolute atomic E-state index is 9.96. The van der Waals surface area contributed by atoms with Crippen LogP contribution in [-0.4, -0.2) is 48.5 Å². The fourth-order valence-electron chi connectivity index (χ4n) is 2.90. The number of nitrogens with zero attached hydrogens (tertiary/aromatic N) is 1. The summed E-state index contributed by atoms with van der Waals surface area (Å²) in [6, 6.07) is 0. The van der Waals surface area contributed by atoms with E-state index in [1.807, 2.05) is 0 Å². The predicted molar refractivity (Wildman–Crippen MR) is 69.1 cm³/mol. The van der Waals surface area contributed by atoms with Crippen LogP contribution in [0.3, 0.4) is 0 Å². The quantitative estimate of drug-likeness (QED) is 0.799. The van der Waals surface area contributed by atoms with E-state index < -0.39 is 0 Å². The third kappa shape index (κ3) is 4.57. The van der Waals surface area contributed by atoms with Crippen molar-refractivity contribution in [3.05, 3.63) is 0 Å². The first kappa shape index (κ1) is 13.3. The fourth-order valence-corrected chi connectivity index (χ4v) is 2.90. The van der Waals surface area contributed by atoms with E-state index in [1.54, 1.807) is 0 Å². The van der Waals surface area contributed by atoms with Gasteiger partial charge in [0.05, 0.1) is 18.8 Å². The van der Waals surface area contributed by atoms with E-state index in [-0.39, 0.29) is 6.10 Å². The Morgan fingerprint density at radius 2 is 1.82 bits per heavy atom. The number of piperidine rings is 1. The lowest BCUT2D eigenvalue weighted by Crippen LogP contribution is -2.40. The summed E-state index contributed by atoms with van der Waals surface area (Å²) in [5.74, 6) is 0.859. The lowest BCUT2D eigenvalue weighted by molar-refractivity contribution is -0.0214. The van der Waals surface area contributed by atoms with Crippen LogP contribution in [0, 0.1) is 5.92 Å². The second-order valence-corrected chi connectivity index (χ2v) is 5.88. The number of aliphatic hydroxyl groups excluding tert-OH is 1. The van der Waals surface area contributed by atoms with Crippen LogP contribution in [0.5, 0.6) is 0 Å². The summed E-state index contributed by atoms with van der Waals surface area (Å²) < 4.78 is 5.75. The van der Waals surface area contributed by atoms with Gasteiger partial charge in [0.25, 0.3) is 0 Å². The molecule has 0 aromatic heterocycles. The minimum atomic E-state index is -0.302. The highest BCUT2D eigenvalue weighted by molar-refractivity contribution is 4.73. The van der Waals surface area contributed by atoms with Gasteiger partial charge in [0.1, 0.15) is 0 Å². The first-order valence-corrected chi connectivity index (χ1v) is 7.26. The van der Waals surface area contributed by atoms with Crippen molar-refractivity contribution >= 4 is 0 Å². The van der Waals surface area contributed by atoms with Gasteiger partial charge in [-0.3, -0.25) is 0 Å². The molecule has 0 bridgehead atoms. The number of hydrogen-bond donors (Lipinski definition) is 1. The maximum atomic E-state index is 9.96. The maximum Gasteiger partial charge on any atom is 0.0900 e. The molecule has 2 fully saturated rings. The van der Waals surface area contributed by atoms with Crippen molar-refractivity contribution in [2.45, 2.75) is 57.7 Å². The van der Waals surface area contributed by atoms with Crippen molar-refractivity contribution in [2.24, 2.45) is 5.92 Å². The third-order valence-corrected chi connectivity index (χ3v) is 4.17. The van der Waals surface area contributed by atoms with E-state index in [2.05, 4.69) is 11.8 Å². The van der Waals surface area contributed by atoms with Gasteiger partial charge >= 0.3 is 0 Å². The normalized spacial score (nSPS) is 26.5. The molecule has 0 spiro atoms. The van der Waals surface area contributed by atoms with Crippen LogP contribution in [-0.2, 0) is 4.74 Å². The summed E-state index contributed by atoms with van der Waals surface area (Å²) in [4.78, 5) is 2.38. The van der Waals surface area contributed by atoms with E-state index >= 15 is 0 Å². The number of aliphatic hydroxyl groups is 1. The van der Waals surface area contributed by atoms with Crippen molar-refractivity contribution in [3.8, 4) is 0 Å². The van der Waals surface area contributed by atoms with Gasteiger partial charge in [-0.1, -0.05) is 19.8 Å². The van der Waals surface area contributed by atoms with Crippen LogP contribution in [0.15, 0.2) is 0 Å². The molecule has 1 unspecified atom stereocenters. The number of β-amino-alcohol motifs (C(OH)–C–C–N with tert-alkyl or cyclic N) is 1. The number of likely N-dealkylation sites (tertiary alicyclic amines) is 1. The molecule has 3 heteroatoms. The van der Waals surface area contributed by atoms with Gasteiger partial charge < -0.3 is 14.7 Å². The Bertz CT molecular complexity index is 208. The Hall–Kier alpha value is -0.120. The molecule has 1 heterocycles. The first-order chi connectivity index (χ1) is 8.24. The van der Waals surface area contributed by atoms with Gasteiger partial charge in [0.15, 0.2) is 0 Å². The molecular weight excluding hydrogens is 214 g/mol. The van der Waals surface area contributed by atoms with E-state index in [1.165, 1.54) is 38.5 Å². The van der Waals surface area contributed by atoms with Gasteiger partial charge in [-0.05, 0) is 44.7 Å². The van der Waals surface area contributed by atoms with Crippen molar-refractivity contribution in [1.29, 1.82) is 0 Å². The van der Waals surface area contributed by atoms with Gasteiger partial charge in [-0.15, -0.1) is 0 Å². The molecule has 1 aliphatic heterocycles. The zero-order valence-corrected chi connectivity index (χ0v) is 11.1. The molecule has 1 aliphatic carbocycles. The van der Waals surface area contributed by atoms with E-state index in [4.69, 9.17) is 4.74 Å². The van der Waals surface area contributed by atoms with Crippen LogP contribution >= 0.6 is 0 Å². The summed E-state index contributed by atoms with van der Waals surface area (Å²) in [6.45, 7) is 5.91. The molecule has 1 saturated carbocycles. The highest BCUT2D eigenvalue weighted by atomic mass is 16.5. The molecule has 1 N–H and O–H groups in total. The lowest BCUT2D eigenvalue weighted by Gasteiger charge is -2.31. The highest BCUT2D eigenvalue weighted by Gasteiger charge is 2.20. The molecule has 1 saturated heterocycles. The van der Waals surface area contributed by atoms with Gasteiger partial charge in [0.2, 0.25) is 0 Å². The minimum Gasteiger partial charge on any atom is -0.389 e. The second-order valence-electron chi connectivity index (χ2n) is 5.88. The molecule has 0 amide bonds. The Morgan fingerprint density at radius 3 is 2.47 bits per heavy atom. The lowest BCUT2D eigenvalue weighted by atomic mass is 9.99. The summed E-state index contributed by atoms with van der Waals surface area (Å²) in [7, 11) is 0. The second kappa shape index (κ2) is 6.72. The van der Waals surface area contributed by atoms with Gasteiger partial charge in [-0.25, -0.2) is 0 Å². The smallest absolute Gasteiger partial charge is 0.0900 e. The molecule has 17 heavy (non-hydrogen) atoms. The van der Waals surface area contributed by atoms with Crippen LogP contribution in [0.4, 0.5) is 0 Å². The summed E-state index contributed by atoms with van der Waals surface area (Å²) >= 11 is 0. The standard InChI is InChI=1S/C14H27NO2/c1-12-6-8-15(9-7-12)10-13(16)11-17-14-4-2-3-5-14/h12-14,16H,2-11H2,1H3. The summed E-state index contributed by atoms with van der Waals surface area (Å²) in [6.07, 6.45) is 7.64. The molecular formula is C14H27NO2. The Morgan fingerprint density at radius 1 is 1.18 bits per heavy atom. The van der Waals surface area contributed by atoms with E-state index in [0.717, 1.165) is 25.6 Å². The van der Waals surface area contributed by atoms with E-state index in [9.17, 15) is 5.11 Å². The van der Waals surface area contributed by atoms with Crippen LogP contribution in [0.2, 0.25) is 0 Å². The topological polar surface area (TPSA) is 32.7 Å². The molecule has 0 aromatic rings. The zero-order valence-electron chi connectivity index (χ0n) is 11.1. The Balaban J connectivity index is 1.58.